The maximum absolute atomic E-state index is 11.9. The van der Waals surface area contributed by atoms with Crippen LogP contribution in [0.5, 0.6) is 0 Å². The van der Waals surface area contributed by atoms with Crippen molar-refractivity contribution in [3.8, 4) is 0 Å². The average Bonchev–Trinajstić information content (AvgIpc) is 3.21. The Bertz CT molecular complexity index is 581. The molecule has 0 spiro atoms. The van der Waals surface area contributed by atoms with E-state index >= 15 is 0 Å². The van der Waals surface area contributed by atoms with Crippen molar-refractivity contribution in [3.63, 3.8) is 0 Å². The summed E-state index contributed by atoms with van der Waals surface area (Å²) in [7, 11) is -1.85. The number of esters is 1. The van der Waals surface area contributed by atoms with Crippen LogP contribution in [-0.2, 0) is 25.1 Å². The monoisotopic (exact) mass is 284 g/mol. The molecular formula is C12H16N2O4S. The third kappa shape index (κ3) is 3.28. The molecule has 1 fully saturated rings. The minimum absolute atomic E-state index is 0.167. The zero-order valence-electron chi connectivity index (χ0n) is 10.9. The molecular weight excluding hydrogens is 268 g/mol. The summed E-state index contributed by atoms with van der Waals surface area (Å²) in [6.45, 7) is 1.66. The van der Waals surface area contributed by atoms with E-state index in [4.69, 9.17) is 0 Å². The molecule has 0 radical (unpaired) electrons. The second kappa shape index (κ2) is 5.24. The fourth-order valence-electron chi connectivity index (χ4n) is 1.75. The molecule has 1 unspecified atom stereocenters. The molecule has 1 atom stereocenters. The topological polar surface area (TPSA) is 86.2 Å². The molecule has 1 saturated carbocycles. The summed E-state index contributed by atoms with van der Waals surface area (Å²) in [5, 5.41) is -0.238. The SMILES string of the molecule is COC(=O)C(C)c1ccnc(CS(=O)(=O)C2CC2)n1. The van der Waals surface area contributed by atoms with E-state index in [0.29, 0.717) is 5.69 Å². The van der Waals surface area contributed by atoms with Crippen LogP contribution in [0.25, 0.3) is 0 Å². The van der Waals surface area contributed by atoms with Crippen LogP contribution in [0.15, 0.2) is 12.3 Å². The standard InChI is InChI=1S/C12H16N2O4S/c1-8(12(15)18-2)10-5-6-13-11(14-10)7-19(16,17)9-3-4-9/h5-6,8-9H,3-4,7H2,1-2H3. The molecule has 2 rings (SSSR count). The summed E-state index contributed by atoms with van der Waals surface area (Å²) in [6.07, 6.45) is 2.92. The maximum atomic E-state index is 11.9. The molecule has 0 bridgehead atoms. The van der Waals surface area contributed by atoms with Gasteiger partial charge in [0.2, 0.25) is 0 Å². The smallest absolute Gasteiger partial charge is 0.314 e. The van der Waals surface area contributed by atoms with Gasteiger partial charge in [0.25, 0.3) is 0 Å². The van der Waals surface area contributed by atoms with E-state index in [1.807, 2.05) is 0 Å². The Morgan fingerprint density at radius 3 is 2.79 bits per heavy atom. The molecule has 0 aromatic carbocycles. The third-order valence-electron chi connectivity index (χ3n) is 3.09. The fourth-order valence-corrected chi connectivity index (χ4v) is 3.34. The Morgan fingerprint density at radius 2 is 2.21 bits per heavy atom. The van der Waals surface area contributed by atoms with Gasteiger partial charge in [0, 0.05) is 6.20 Å². The number of sulfone groups is 1. The van der Waals surface area contributed by atoms with Crippen molar-refractivity contribution in [3.05, 3.63) is 23.8 Å². The molecule has 6 nitrogen and oxygen atoms in total. The van der Waals surface area contributed by atoms with Crippen molar-refractivity contribution in [2.45, 2.75) is 36.7 Å². The van der Waals surface area contributed by atoms with E-state index in [1.54, 1.807) is 13.0 Å². The van der Waals surface area contributed by atoms with Crippen LogP contribution in [0.4, 0.5) is 0 Å². The van der Waals surface area contributed by atoms with E-state index in [0.717, 1.165) is 12.8 Å². The van der Waals surface area contributed by atoms with Crippen LogP contribution in [0.3, 0.4) is 0 Å². The second-order valence-electron chi connectivity index (χ2n) is 4.65. The zero-order valence-corrected chi connectivity index (χ0v) is 11.7. The van der Waals surface area contributed by atoms with Crippen molar-refractivity contribution in [2.24, 2.45) is 0 Å². The normalized spacial score (nSPS) is 16.9. The fraction of sp³-hybridized carbons (Fsp3) is 0.583. The minimum Gasteiger partial charge on any atom is -0.469 e. The molecule has 1 aromatic heterocycles. The molecule has 19 heavy (non-hydrogen) atoms. The van der Waals surface area contributed by atoms with Gasteiger partial charge < -0.3 is 4.74 Å². The number of hydrogen-bond donors (Lipinski definition) is 0. The van der Waals surface area contributed by atoms with E-state index in [2.05, 4.69) is 14.7 Å². The molecule has 104 valence electrons. The first kappa shape index (κ1) is 13.9. The number of methoxy groups -OCH3 is 1. The second-order valence-corrected chi connectivity index (χ2v) is 6.93. The third-order valence-corrected chi connectivity index (χ3v) is 5.24. The molecule has 0 N–H and O–H groups in total. The Balaban J connectivity index is 2.17. The van der Waals surface area contributed by atoms with Crippen molar-refractivity contribution in [2.75, 3.05) is 7.11 Å². The van der Waals surface area contributed by atoms with Gasteiger partial charge >= 0.3 is 5.97 Å². The van der Waals surface area contributed by atoms with Crippen LogP contribution in [0.2, 0.25) is 0 Å². The number of aromatic nitrogens is 2. The van der Waals surface area contributed by atoms with E-state index in [1.165, 1.54) is 13.3 Å². The number of rotatable bonds is 5. The van der Waals surface area contributed by atoms with Gasteiger partial charge in [-0.25, -0.2) is 18.4 Å². The molecule has 0 aliphatic heterocycles. The lowest BCUT2D eigenvalue weighted by molar-refractivity contribution is -0.142. The Morgan fingerprint density at radius 1 is 1.53 bits per heavy atom. The minimum atomic E-state index is -3.15. The van der Waals surface area contributed by atoms with E-state index in [-0.39, 0.29) is 16.8 Å². The molecule has 1 aliphatic rings. The first-order chi connectivity index (χ1) is 8.94. The van der Waals surface area contributed by atoms with Crippen molar-refractivity contribution < 1.29 is 17.9 Å². The predicted octanol–water partition coefficient (Wildman–Crippen LogP) is 0.830. The first-order valence-electron chi connectivity index (χ1n) is 6.05. The maximum Gasteiger partial charge on any atom is 0.314 e. The quantitative estimate of drug-likeness (QED) is 0.744. The molecule has 1 aromatic rings. The number of nitrogens with zero attached hydrogens (tertiary/aromatic N) is 2. The van der Waals surface area contributed by atoms with Gasteiger partial charge in [-0.3, -0.25) is 4.79 Å². The average molecular weight is 284 g/mol. The Hall–Kier alpha value is -1.50. The lowest BCUT2D eigenvalue weighted by Crippen LogP contribution is -2.16. The summed E-state index contributed by atoms with van der Waals surface area (Å²) in [6, 6.07) is 1.59. The van der Waals surface area contributed by atoms with Gasteiger partial charge in [0.1, 0.15) is 11.6 Å². The number of carbonyl (C=O) groups excluding carboxylic acids is 1. The highest BCUT2D eigenvalue weighted by atomic mass is 32.2. The van der Waals surface area contributed by atoms with Gasteiger partial charge in [-0.2, -0.15) is 0 Å². The van der Waals surface area contributed by atoms with Crippen LogP contribution in [0, 0.1) is 0 Å². The van der Waals surface area contributed by atoms with E-state index in [9.17, 15) is 13.2 Å². The van der Waals surface area contributed by atoms with Crippen LogP contribution in [-0.4, -0.2) is 36.7 Å². The molecule has 0 saturated heterocycles. The van der Waals surface area contributed by atoms with Gasteiger partial charge in [-0.05, 0) is 25.8 Å². The van der Waals surface area contributed by atoms with Crippen molar-refractivity contribution >= 4 is 15.8 Å². The number of ether oxygens (including phenoxy) is 1. The highest BCUT2D eigenvalue weighted by molar-refractivity contribution is 7.91. The van der Waals surface area contributed by atoms with Crippen LogP contribution >= 0.6 is 0 Å². The summed E-state index contributed by atoms with van der Waals surface area (Å²) in [5.41, 5.74) is 0.475. The van der Waals surface area contributed by atoms with Crippen LogP contribution in [0.1, 0.15) is 37.2 Å². The van der Waals surface area contributed by atoms with E-state index < -0.39 is 21.7 Å². The Labute approximate surface area is 112 Å². The van der Waals surface area contributed by atoms with Crippen molar-refractivity contribution in [1.82, 2.24) is 9.97 Å². The zero-order chi connectivity index (χ0) is 14.0. The van der Waals surface area contributed by atoms with Gasteiger partial charge in [0.15, 0.2) is 9.84 Å². The molecule has 1 aliphatic carbocycles. The van der Waals surface area contributed by atoms with Gasteiger partial charge in [0.05, 0.1) is 24.0 Å². The first-order valence-corrected chi connectivity index (χ1v) is 7.77. The molecule has 7 heteroatoms. The lowest BCUT2D eigenvalue weighted by atomic mass is 10.1. The Kier molecular flexibility index (Phi) is 3.84. The lowest BCUT2D eigenvalue weighted by Gasteiger charge is -2.09. The summed E-state index contributed by atoms with van der Waals surface area (Å²) in [5.74, 6) is -0.871. The number of carbonyl (C=O) groups is 1. The molecule has 1 heterocycles. The van der Waals surface area contributed by atoms with Crippen LogP contribution < -0.4 is 0 Å². The number of hydrogen-bond acceptors (Lipinski definition) is 6. The highest BCUT2D eigenvalue weighted by Crippen LogP contribution is 2.30. The summed E-state index contributed by atoms with van der Waals surface area (Å²) in [4.78, 5) is 19.5. The van der Waals surface area contributed by atoms with Gasteiger partial charge in [-0.15, -0.1) is 0 Å². The summed E-state index contributed by atoms with van der Waals surface area (Å²) >= 11 is 0. The molecule has 0 amide bonds. The predicted molar refractivity (Wildman–Crippen MR) is 68.1 cm³/mol. The largest absolute Gasteiger partial charge is 0.469 e. The summed E-state index contributed by atoms with van der Waals surface area (Å²) < 4.78 is 28.4. The highest BCUT2D eigenvalue weighted by Gasteiger charge is 2.36. The van der Waals surface area contributed by atoms with Crippen molar-refractivity contribution in [1.29, 1.82) is 0 Å². The van der Waals surface area contributed by atoms with Gasteiger partial charge in [-0.1, -0.05) is 0 Å².